The Hall–Kier alpha value is -1.63. The predicted molar refractivity (Wildman–Crippen MR) is 105 cm³/mol. The molecule has 0 aromatic heterocycles. The number of nitrogens with one attached hydrogen (secondary N) is 1. The van der Waals surface area contributed by atoms with E-state index in [1.54, 1.807) is 0 Å². The number of halogens is 1. The lowest BCUT2D eigenvalue weighted by Crippen LogP contribution is -2.43. The van der Waals surface area contributed by atoms with Crippen LogP contribution in [-0.4, -0.2) is 60.1 Å². The number of esters is 1. The molecule has 1 saturated carbocycles. The van der Waals surface area contributed by atoms with Gasteiger partial charge in [-0.25, -0.2) is 0 Å². The summed E-state index contributed by atoms with van der Waals surface area (Å²) in [6.45, 7) is 4.58. The molecular weight excluding hydrogens is 384 g/mol. The maximum atomic E-state index is 12.9. The number of nitrogens with zero attached hydrogens (tertiary/aromatic N) is 1. The number of hydrogen-bond acceptors (Lipinski definition) is 5. The summed E-state index contributed by atoms with van der Waals surface area (Å²) in [6, 6.07) is 0. The van der Waals surface area contributed by atoms with Gasteiger partial charge in [-0.1, -0.05) is 13.8 Å². The quantitative estimate of drug-likeness (QED) is 0.411. The van der Waals surface area contributed by atoms with Gasteiger partial charge in [-0.05, 0) is 38.0 Å². The Balaban J connectivity index is 1.98. The van der Waals surface area contributed by atoms with Crippen molar-refractivity contribution in [3.05, 3.63) is 0 Å². The summed E-state index contributed by atoms with van der Waals surface area (Å²) in [5.74, 6) is -1.88. The van der Waals surface area contributed by atoms with Crippen LogP contribution in [-0.2, 0) is 23.9 Å². The third-order valence-electron chi connectivity index (χ3n) is 5.39. The van der Waals surface area contributed by atoms with Crippen molar-refractivity contribution in [1.82, 2.24) is 10.2 Å². The van der Waals surface area contributed by atoms with Gasteiger partial charge in [0.05, 0.1) is 18.9 Å². The van der Waals surface area contributed by atoms with Crippen LogP contribution in [0.3, 0.4) is 0 Å². The standard InChI is InChI=1S/C20H31ClN2O5/c1-13(2)8-15(9-19(26)28-16-4-3-5-16)17(24)12-23(18(25)10-21)11-14-6-7-22-20(14)27/h13-16H,3-12H2,1-2H3,(H,22,27)/t14-,15+/m0/s1. The first-order chi connectivity index (χ1) is 13.3. The van der Waals surface area contributed by atoms with Gasteiger partial charge in [0.25, 0.3) is 0 Å². The van der Waals surface area contributed by atoms with Crippen molar-refractivity contribution in [2.75, 3.05) is 25.5 Å². The van der Waals surface area contributed by atoms with Crippen LogP contribution in [0.4, 0.5) is 0 Å². The zero-order valence-corrected chi connectivity index (χ0v) is 17.5. The third kappa shape index (κ3) is 6.76. The van der Waals surface area contributed by atoms with E-state index in [0.29, 0.717) is 19.4 Å². The summed E-state index contributed by atoms with van der Waals surface area (Å²) in [7, 11) is 0. The molecule has 2 amide bonds. The fraction of sp³-hybridized carbons (Fsp3) is 0.800. The number of ketones is 1. The van der Waals surface area contributed by atoms with Crippen molar-refractivity contribution >= 4 is 35.2 Å². The molecule has 158 valence electrons. The van der Waals surface area contributed by atoms with Crippen LogP contribution >= 0.6 is 11.6 Å². The number of amides is 2. The predicted octanol–water partition coefficient (Wildman–Crippen LogP) is 1.91. The molecule has 2 aliphatic rings. The summed E-state index contributed by atoms with van der Waals surface area (Å²) < 4.78 is 5.40. The molecule has 0 bridgehead atoms. The molecule has 0 aromatic carbocycles. The number of hydrogen-bond donors (Lipinski definition) is 1. The van der Waals surface area contributed by atoms with E-state index in [0.717, 1.165) is 19.3 Å². The monoisotopic (exact) mass is 414 g/mol. The van der Waals surface area contributed by atoms with Crippen LogP contribution in [0.2, 0.25) is 0 Å². The van der Waals surface area contributed by atoms with E-state index in [4.69, 9.17) is 16.3 Å². The smallest absolute Gasteiger partial charge is 0.306 e. The Morgan fingerprint density at radius 3 is 2.46 bits per heavy atom. The molecule has 1 saturated heterocycles. The summed E-state index contributed by atoms with van der Waals surface area (Å²) in [6.07, 6.45) is 4.02. The van der Waals surface area contributed by atoms with Crippen molar-refractivity contribution < 1.29 is 23.9 Å². The molecule has 28 heavy (non-hydrogen) atoms. The maximum Gasteiger partial charge on any atom is 0.306 e. The number of carbonyl (C=O) groups is 4. The van der Waals surface area contributed by atoms with Gasteiger partial charge in [0.15, 0.2) is 5.78 Å². The lowest BCUT2D eigenvalue weighted by Gasteiger charge is -2.28. The van der Waals surface area contributed by atoms with Crippen LogP contribution in [0.1, 0.15) is 52.4 Å². The normalized spacial score (nSPS) is 20.4. The summed E-state index contributed by atoms with van der Waals surface area (Å²) in [5.41, 5.74) is 0. The Bertz CT molecular complexity index is 591. The van der Waals surface area contributed by atoms with Crippen LogP contribution in [0.5, 0.6) is 0 Å². The lowest BCUT2D eigenvalue weighted by molar-refractivity contribution is -0.155. The van der Waals surface area contributed by atoms with E-state index < -0.39 is 5.92 Å². The highest BCUT2D eigenvalue weighted by atomic mass is 35.5. The van der Waals surface area contributed by atoms with Crippen LogP contribution in [0.25, 0.3) is 0 Å². The fourth-order valence-corrected chi connectivity index (χ4v) is 3.73. The molecule has 2 fully saturated rings. The van der Waals surface area contributed by atoms with Gasteiger partial charge in [-0.2, -0.15) is 0 Å². The summed E-state index contributed by atoms with van der Waals surface area (Å²) >= 11 is 5.70. The third-order valence-corrected chi connectivity index (χ3v) is 5.62. The zero-order valence-electron chi connectivity index (χ0n) is 16.7. The number of alkyl halides is 1. The molecule has 1 aliphatic carbocycles. The topological polar surface area (TPSA) is 92.8 Å². The molecule has 0 spiro atoms. The van der Waals surface area contributed by atoms with Gasteiger partial charge in [0.2, 0.25) is 11.8 Å². The number of carbonyl (C=O) groups excluding carboxylic acids is 4. The average molecular weight is 415 g/mol. The maximum absolute atomic E-state index is 12.9. The van der Waals surface area contributed by atoms with Gasteiger partial charge in [0.1, 0.15) is 12.0 Å². The molecule has 0 unspecified atom stereocenters. The minimum absolute atomic E-state index is 0.0162. The van der Waals surface area contributed by atoms with Crippen molar-refractivity contribution in [2.45, 2.75) is 58.5 Å². The van der Waals surface area contributed by atoms with E-state index in [1.807, 2.05) is 13.8 Å². The van der Waals surface area contributed by atoms with E-state index in [9.17, 15) is 19.2 Å². The molecule has 8 heteroatoms. The largest absolute Gasteiger partial charge is 0.462 e. The van der Waals surface area contributed by atoms with Crippen molar-refractivity contribution in [1.29, 1.82) is 0 Å². The number of ether oxygens (including phenoxy) is 1. The highest BCUT2D eigenvalue weighted by Crippen LogP contribution is 2.25. The second-order valence-electron chi connectivity index (χ2n) is 8.22. The molecular formula is C20H31ClN2O5. The van der Waals surface area contributed by atoms with Crippen molar-refractivity contribution in [3.63, 3.8) is 0 Å². The second kappa shape index (κ2) is 10.8. The van der Waals surface area contributed by atoms with Gasteiger partial charge in [-0.15, -0.1) is 11.6 Å². The van der Waals surface area contributed by atoms with Gasteiger partial charge in [-0.3, -0.25) is 19.2 Å². The SMILES string of the molecule is CC(C)C[C@H](CC(=O)OC1CCC1)C(=O)CN(C[C@@H]1CCNC1=O)C(=O)CCl. The molecule has 2 rings (SSSR count). The summed E-state index contributed by atoms with van der Waals surface area (Å²) in [4.78, 5) is 50.6. The first-order valence-corrected chi connectivity index (χ1v) is 10.7. The minimum Gasteiger partial charge on any atom is -0.462 e. The Morgan fingerprint density at radius 1 is 1.25 bits per heavy atom. The molecule has 0 radical (unpaired) electrons. The zero-order chi connectivity index (χ0) is 20.7. The lowest BCUT2D eigenvalue weighted by atomic mass is 9.89. The van der Waals surface area contributed by atoms with Gasteiger partial charge < -0.3 is 15.0 Å². The first kappa shape index (κ1) is 22.7. The minimum atomic E-state index is -0.504. The number of rotatable bonds is 11. The Labute approximate surface area is 171 Å². The average Bonchev–Trinajstić information content (AvgIpc) is 3.00. The van der Waals surface area contributed by atoms with E-state index in [-0.39, 0.29) is 66.9 Å². The molecule has 7 nitrogen and oxygen atoms in total. The van der Waals surface area contributed by atoms with Gasteiger partial charge in [0, 0.05) is 19.0 Å². The molecule has 1 heterocycles. The Kier molecular flexibility index (Phi) is 8.73. The van der Waals surface area contributed by atoms with Crippen LogP contribution in [0, 0.1) is 17.8 Å². The molecule has 0 aromatic rings. The number of Topliss-reactive ketones (excluding diaryl/α,β-unsaturated/α-hetero) is 1. The van der Waals surface area contributed by atoms with E-state index >= 15 is 0 Å². The summed E-state index contributed by atoms with van der Waals surface area (Å²) in [5, 5.41) is 2.73. The van der Waals surface area contributed by atoms with E-state index in [2.05, 4.69) is 5.32 Å². The first-order valence-electron chi connectivity index (χ1n) is 10.1. The van der Waals surface area contributed by atoms with Gasteiger partial charge >= 0.3 is 5.97 Å². The van der Waals surface area contributed by atoms with Crippen molar-refractivity contribution in [2.24, 2.45) is 17.8 Å². The highest BCUT2D eigenvalue weighted by Gasteiger charge is 2.32. The molecule has 1 N–H and O–H groups in total. The molecule has 2 atom stereocenters. The molecule has 1 aliphatic heterocycles. The second-order valence-corrected chi connectivity index (χ2v) is 8.49. The fourth-order valence-electron chi connectivity index (χ4n) is 3.56. The van der Waals surface area contributed by atoms with E-state index in [1.165, 1.54) is 4.90 Å². The Morgan fingerprint density at radius 2 is 1.96 bits per heavy atom. The van der Waals surface area contributed by atoms with Crippen molar-refractivity contribution in [3.8, 4) is 0 Å². The highest BCUT2D eigenvalue weighted by molar-refractivity contribution is 6.27. The van der Waals surface area contributed by atoms with Crippen LogP contribution in [0.15, 0.2) is 0 Å². The van der Waals surface area contributed by atoms with Crippen LogP contribution < -0.4 is 5.32 Å².